The highest BCUT2D eigenvalue weighted by atomic mass is 32.2. The Kier molecular flexibility index (Phi) is 11.3. The fourth-order valence-electron chi connectivity index (χ4n) is 6.11. The van der Waals surface area contributed by atoms with Gasteiger partial charge in [-0.2, -0.15) is 0 Å². The van der Waals surface area contributed by atoms with Crippen molar-refractivity contribution in [3.05, 3.63) is 126 Å². The summed E-state index contributed by atoms with van der Waals surface area (Å²) in [6, 6.07) is 31.5. The van der Waals surface area contributed by atoms with Gasteiger partial charge in [0.05, 0.1) is 17.7 Å². The molecule has 0 aromatic heterocycles. The van der Waals surface area contributed by atoms with Gasteiger partial charge in [-0.05, 0) is 60.7 Å². The van der Waals surface area contributed by atoms with E-state index in [9.17, 15) is 18.0 Å². The van der Waals surface area contributed by atoms with Crippen LogP contribution in [0.4, 0.5) is 5.69 Å². The second-order valence-electron chi connectivity index (χ2n) is 12.1. The van der Waals surface area contributed by atoms with Gasteiger partial charge in [0.25, 0.3) is 10.0 Å². The molecule has 0 aliphatic heterocycles. The average Bonchev–Trinajstić information content (AvgIpc) is 3.10. The topological polar surface area (TPSA) is 96.0 Å². The van der Waals surface area contributed by atoms with Crippen LogP contribution in [0.3, 0.4) is 0 Å². The molecule has 0 saturated heterocycles. The second-order valence-corrected chi connectivity index (χ2v) is 13.9. The zero-order valence-corrected chi connectivity index (χ0v) is 27.9. The molecule has 9 heteroatoms. The van der Waals surface area contributed by atoms with Gasteiger partial charge in [-0.15, -0.1) is 0 Å². The molecular weight excluding hydrogens is 611 g/mol. The number of carbonyl (C=O) groups excluding carboxylic acids is 2. The molecule has 0 heterocycles. The van der Waals surface area contributed by atoms with Crippen LogP contribution in [0.2, 0.25) is 0 Å². The number of sulfonamides is 1. The highest BCUT2D eigenvalue weighted by Gasteiger charge is 2.36. The van der Waals surface area contributed by atoms with Gasteiger partial charge < -0.3 is 15.0 Å². The Hall–Kier alpha value is -4.63. The molecule has 1 atom stereocenters. The monoisotopic (exact) mass is 653 g/mol. The molecule has 1 aliphatic rings. The van der Waals surface area contributed by atoms with Crippen LogP contribution in [0, 0.1) is 6.92 Å². The number of nitrogens with zero attached hydrogens (tertiary/aromatic N) is 2. The van der Waals surface area contributed by atoms with E-state index in [1.54, 1.807) is 30.3 Å². The van der Waals surface area contributed by atoms with Crippen LogP contribution in [0.1, 0.15) is 48.8 Å². The number of benzene rings is 4. The molecule has 1 saturated carbocycles. The molecule has 246 valence electrons. The molecule has 1 aliphatic carbocycles. The zero-order valence-electron chi connectivity index (χ0n) is 27.0. The fraction of sp³-hybridized carbons (Fsp3) is 0.316. The van der Waals surface area contributed by atoms with E-state index in [-0.39, 0.29) is 35.5 Å². The van der Waals surface area contributed by atoms with E-state index in [0.717, 1.165) is 53.1 Å². The van der Waals surface area contributed by atoms with Crippen molar-refractivity contribution >= 4 is 27.5 Å². The third kappa shape index (κ3) is 8.60. The quantitative estimate of drug-likeness (QED) is 0.183. The number of ether oxygens (including phenoxy) is 1. The predicted molar refractivity (Wildman–Crippen MR) is 185 cm³/mol. The van der Waals surface area contributed by atoms with Crippen molar-refractivity contribution in [2.24, 2.45) is 0 Å². The smallest absolute Gasteiger partial charge is 0.264 e. The Bertz CT molecular complexity index is 1730. The predicted octanol–water partition coefficient (Wildman–Crippen LogP) is 6.29. The molecule has 1 N–H and O–H groups in total. The minimum atomic E-state index is -4.23. The number of anilines is 1. The molecule has 1 unspecified atom stereocenters. The first-order chi connectivity index (χ1) is 22.8. The molecule has 47 heavy (non-hydrogen) atoms. The maximum absolute atomic E-state index is 14.7. The van der Waals surface area contributed by atoms with E-state index < -0.39 is 28.5 Å². The molecule has 0 radical (unpaired) electrons. The van der Waals surface area contributed by atoms with E-state index in [1.165, 1.54) is 24.1 Å². The average molecular weight is 654 g/mol. The Morgan fingerprint density at radius 3 is 2.04 bits per heavy atom. The zero-order chi connectivity index (χ0) is 33.2. The van der Waals surface area contributed by atoms with Gasteiger partial charge in [0, 0.05) is 19.0 Å². The van der Waals surface area contributed by atoms with Gasteiger partial charge >= 0.3 is 0 Å². The van der Waals surface area contributed by atoms with Crippen molar-refractivity contribution in [1.29, 1.82) is 0 Å². The van der Waals surface area contributed by atoms with Crippen LogP contribution >= 0.6 is 0 Å². The summed E-state index contributed by atoms with van der Waals surface area (Å²) in [7, 11) is -2.76. The molecule has 4 aromatic carbocycles. The lowest BCUT2D eigenvalue weighted by molar-refractivity contribution is -0.140. The Morgan fingerprint density at radius 1 is 0.830 bits per heavy atom. The Balaban J connectivity index is 1.58. The number of methoxy groups -OCH3 is 1. The van der Waals surface area contributed by atoms with Crippen LogP contribution in [0.5, 0.6) is 5.75 Å². The highest BCUT2D eigenvalue weighted by molar-refractivity contribution is 7.92. The summed E-state index contributed by atoms with van der Waals surface area (Å²) in [5.74, 6) is -0.430. The van der Waals surface area contributed by atoms with E-state index >= 15 is 0 Å². The lowest BCUT2D eigenvalue weighted by Gasteiger charge is -2.35. The normalized spacial score (nSPS) is 14.2. The van der Waals surface area contributed by atoms with E-state index in [2.05, 4.69) is 5.32 Å². The summed E-state index contributed by atoms with van der Waals surface area (Å²) in [6.07, 6.45) is 5.31. The van der Waals surface area contributed by atoms with Gasteiger partial charge in [0.15, 0.2) is 0 Å². The minimum Gasteiger partial charge on any atom is -0.495 e. The highest BCUT2D eigenvalue weighted by Crippen LogP contribution is 2.34. The lowest BCUT2D eigenvalue weighted by atomic mass is 9.94. The van der Waals surface area contributed by atoms with Gasteiger partial charge in [0.2, 0.25) is 11.8 Å². The van der Waals surface area contributed by atoms with Crippen molar-refractivity contribution in [2.45, 2.75) is 69.0 Å². The number of nitrogens with one attached hydrogen (secondary N) is 1. The van der Waals surface area contributed by atoms with Crippen LogP contribution in [0.15, 0.2) is 114 Å². The summed E-state index contributed by atoms with van der Waals surface area (Å²) in [4.78, 5) is 30.5. The summed E-state index contributed by atoms with van der Waals surface area (Å²) >= 11 is 0. The summed E-state index contributed by atoms with van der Waals surface area (Å²) in [5.41, 5.74) is 2.78. The van der Waals surface area contributed by atoms with Gasteiger partial charge in [0.1, 0.15) is 18.3 Å². The summed E-state index contributed by atoms with van der Waals surface area (Å²) in [5, 5.41) is 3.24. The maximum atomic E-state index is 14.7. The van der Waals surface area contributed by atoms with Crippen molar-refractivity contribution in [2.75, 3.05) is 18.0 Å². The van der Waals surface area contributed by atoms with Crippen molar-refractivity contribution < 1.29 is 22.7 Å². The minimum absolute atomic E-state index is 0.0368. The molecule has 8 nitrogen and oxygen atoms in total. The number of hydrogen-bond donors (Lipinski definition) is 1. The lowest BCUT2D eigenvalue weighted by Crippen LogP contribution is -2.55. The van der Waals surface area contributed by atoms with Crippen LogP contribution in [-0.2, 0) is 32.6 Å². The second kappa shape index (κ2) is 15.8. The molecule has 4 aromatic rings. The standard InChI is InChI=1S/C38H43N3O5S/c1-29-23-24-36(46-2)34(25-29)41(47(44,45)33-21-13-6-14-22-33)28-37(42)40(27-31-17-9-4-10-18-31)35(26-30-15-7-3-8-16-30)38(43)39-32-19-11-5-12-20-32/h3-4,6-10,13-18,21-25,32,35H,5,11-12,19-20,26-28H2,1-2H3,(H,39,43). The third-order valence-electron chi connectivity index (χ3n) is 8.63. The Labute approximate surface area is 278 Å². The number of rotatable bonds is 13. The summed E-state index contributed by atoms with van der Waals surface area (Å²) < 4.78 is 35.3. The van der Waals surface area contributed by atoms with Crippen LogP contribution in [0.25, 0.3) is 0 Å². The van der Waals surface area contributed by atoms with Crippen LogP contribution in [-0.4, -0.2) is 50.9 Å². The first kappa shape index (κ1) is 33.7. The molecule has 5 rings (SSSR count). The van der Waals surface area contributed by atoms with E-state index in [1.807, 2.05) is 73.7 Å². The SMILES string of the molecule is COc1ccc(C)cc1N(CC(=O)N(Cc1ccccc1)C(Cc1ccccc1)C(=O)NC1CCCCC1)S(=O)(=O)c1ccccc1. The first-order valence-corrected chi connectivity index (χ1v) is 17.6. The third-order valence-corrected chi connectivity index (χ3v) is 10.4. The number of aryl methyl sites for hydroxylation is 1. The van der Waals surface area contributed by atoms with Gasteiger partial charge in [-0.3, -0.25) is 13.9 Å². The molecule has 2 amide bonds. The van der Waals surface area contributed by atoms with Crippen LogP contribution < -0.4 is 14.4 Å². The van der Waals surface area contributed by atoms with Crippen molar-refractivity contribution in [1.82, 2.24) is 10.2 Å². The van der Waals surface area contributed by atoms with Crippen molar-refractivity contribution in [3.8, 4) is 5.75 Å². The molecule has 0 spiro atoms. The van der Waals surface area contributed by atoms with Gasteiger partial charge in [-0.1, -0.05) is 104 Å². The van der Waals surface area contributed by atoms with E-state index in [0.29, 0.717) is 5.75 Å². The number of amides is 2. The van der Waals surface area contributed by atoms with Gasteiger partial charge in [-0.25, -0.2) is 8.42 Å². The number of carbonyl (C=O) groups is 2. The largest absolute Gasteiger partial charge is 0.495 e. The number of hydrogen-bond acceptors (Lipinski definition) is 5. The molecule has 1 fully saturated rings. The fourth-order valence-corrected chi connectivity index (χ4v) is 7.54. The molecular formula is C38H43N3O5S. The Morgan fingerprint density at radius 2 is 1.43 bits per heavy atom. The molecule has 0 bridgehead atoms. The maximum Gasteiger partial charge on any atom is 0.264 e. The van der Waals surface area contributed by atoms with E-state index in [4.69, 9.17) is 4.74 Å². The van der Waals surface area contributed by atoms with Crippen molar-refractivity contribution in [3.63, 3.8) is 0 Å². The summed E-state index contributed by atoms with van der Waals surface area (Å²) in [6.45, 7) is 1.44. The first-order valence-electron chi connectivity index (χ1n) is 16.2.